The van der Waals surface area contributed by atoms with Crippen LogP contribution in [0.15, 0.2) is 35.2 Å². The zero-order valence-electron chi connectivity index (χ0n) is 10.2. The Morgan fingerprint density at radius 3 is 2.82 bits per heavy atom. The molecule has 17 heavy (non-hydrogen) atoms. The molecule has 2 N–H and O–H groups in total. The number of aryl methyl sites for hydroxylation is 1. The zero-order chi connectivity index (χ0) is 12.3. The fraction of sp³-hybridized carbons (Fsp3) is 0.308. The van der Waals surface area contributed by atoms with E-state index in [4.69, 9.17) is 10.2 Å². The largest absolute Gasteiger partial charge is 0.469 e. The van der Waals surface area contributed by atoms with Crippen molar-refractivity contribution in [1.82, 2.24) is 4.98 Å². The van der Waals surface area contributed by atoms with E-state index in [2.05, 4.69) is 9.88 Å². The quantitative estimate of drug-likeness (QED) is 0.875. The molecule has 2 aromatic heterocycles. The van der Waals surface area contributed by atoms with Gasteiger partial charge in [-0.15, -0.1) is 0 Å². The molecule has 0 radical (unpaired) electrons. The van der Waals surface area contributed by atoms with E-state index in [0.717, 1.165) is 23.6 Å². The summed E-state index contributed by atoms with van der Waals surface area (Å²) in [6, 6.07) is 3.94. The molecule has 0 aliphatic carbocycles. The van der Waals surface area contributed by atoms with Gasteiger partial charge >= 0.3 is 0 Å². The first-order valence-corrected chi connectivity index (χ1v) is 5.59. The smallest absolute Gasteiger partial charge is 0.105 e. The Morgan fingerprint density at radius 1 is 1.35 bits per heavy atom. The lowest BCUT2D eigenvalue weighted by Gasteiger charge is -2.21. The Labute approximate surface area is 101 Å². The molecule has 2 aromatic rings. The third-order valence-corrected chi connectivity index (χ3v) is 2.89. The van der Waals surface area contributed by atoms with Gasteiger partial charge in [0, 0.05) is 31.9 Å². The van der Waals surface area contributed by atoms with Crippen LogP contribution < -0.4 is 10.6 Å². The van der Waals surface area contributed by atoms with E-state index in [1.54, 1.807) is 12.5 Å². The molecular formula is C13H17N3O. The molecule has 0 saturated carbocycles. The molecule has 2 rings (SSSR count). The van der Waals surface area contributed by atoms with Crippen molar-refractivity contribution in [3.8, 4) is 0 Å². The maximum absolute atomic E-state index is 5.72. The lowest BCUT2D eigenvalue weighted by Crippen LogP contribution is -2.19. The lowest BCUT2D eigenvalue weighted by atomic mass is 10.2. The Bertz CT molecular complexity index is 493. The number of nitrogens with zero attached hydrogens (tertiary/aromatic N) is 2. The van der Waals surface area contributed by atoms with E-state index in [9.17, 15) is 0 Å². The normalized spacial score (nSPS) is 10.5. The highest BCUT2D eigenvalue weighted by Gasteiger charge is 2.09. The number of pyridine rings is 1. The molecule has 0 aliphatic rings. The Morgan fingerprint density at radius 2 is 2.18 bits per heavy atom. The summed E-state index contributed by atoms with van der Waals surface area (Å²) in [5.74, 6) is 0.954. The SMILES string of the molecule is Cc1occc1CN(C)c1cnccc1CN. The van der Waals surface area contributed by atoms with Crippen LogP contribution in [0.1, 0.15) is 16.9 Å². The summed E-state index contributed by atoms with van der Waals surface area (Å²) in [5.41, 5.74) is 9.06. The van der Waals surface area contributed by atoms with Crippen molar-refractivity contribution in [2.24, 2.45) is 5.73 Å². The topological polar surface area (TPSA) is 55.3 Å². The summed E-state index contributed by atoms with van der Waals surface area (Å²) in [6.07, 6.45) is 5.33. The molecule has 0 spiro atoms. The summed E-state index contributed by atoms with van der Waals surface area (Å²) in [5, 5.41) is 0. The van der Waals surface area contributed by atoms with Crippen molar-refractivity contribution >= 4 is 5.69 Å². The average Bonchev–Trinajstić information content (AvgIpc) is 2.75. The van der Waals surface area contributed by atoms with Gasteiger partial charge in [-0.2, -0.15) is 0 Å². The molecule has 0 fully saturated rings. The van der Waals surface area contributed by atoms with Gasteiger partial charge in [-0.1, -0.05) is 0 Å². The van der Waals surface area contributed by atoms with Gasteiger partial charge in [-0.05, 0) is 24.6 Å². The first-order valence-electron chi connectivity index (χ1n) is 5.59. The van der Waals surface area contributed by atoms with Crippen molar-refractivity contribution in [3.63, 3.8) is 0 Å². The molecule has 0 unspecified atom stereocenters. The van der Waals surface area contributed by atoms with Crippen LogP contribution in [0, 0.1) is 6.92 Å². The van der Waals surface area contributed by atoms with Crippen molar-refractivity contribution in [2.45, 2.75) is 20.0 Å². The van der Waals surface area contributed by atoms with E-state index in [0.29, 0.717) is 6.54 Å². The number of hydrogen-bond donors (Lipinski definition) is 1. The maximum atomic E-state index is 5.72. The molecular weight excluding hydrogens is 214 g/mol. The fourth-order valence-corrected chi connectivity index (χ4v) is 1.85. The highest BCUT2D eigenvalue weighted by atomic mass is 16.3. The monoisotopic (exact) mass is 231 g/mol. The van der Waals surface area contributed by atoms with Crippen LogP contribution >= 0.6 is 0 Å². The van der Waals surface area contributed by atoms with Crippen molar-refractivity contribution in [3.05, 3.63) is 47.7 Å². The fourth-order valence-electron chi connectivity index (χ4n) is 1.85. The minimum absolute atomic E-state index is 0.520. The number of hydrogen-bond acceptors (Lipinski definition) is 4. The average molecular weight is 231 g/mol. The van der Waals surface area contributed by atoms with Crippen LogP contribution in [0.5, 0.6) is 0 Å². The highest BCUT2D eigenvalue weighted by molar-refractivity contribution is 5.51. The zero-order valence-corrected chi connectivity index (χ0v) is 10.2. The molecule has 4 heteroatoms. The summed E-state index contributed by atoms with van der Waals surface area (Å²) in [6.45, 7) is 3.28. The van der Waals surface area contributed by atoms with E-state index < -0.39 is 0 Å². The molecule has 0 aromatic carbocycles. The molecule has 0 bridgehead atoms. The number of nitrogens with two attached hydrogens (primary N) is 1. The summed E-state index contributed by atoms with van der Waals surface area (Å²) >= 11 is 0. The molecule has 90 valence electrons. The molecule has 0 aliphatic heterocycles. The first-order chi connectivity index (χ1) is 8.22. The van der Waals surface area contributed by atoms with Gasteiger partial charge in [0.05, 0.1) is 18.1 Å². The van der Waals surface area contributed by atoms with Gasteiger partial charge < -0.3 is 15.1 Å². The van der Waals surface area contributed by atoms with Gasteiger partial charge in [0.15, 0.2) is 0 Å². The third kappa shape index (κ3) is 2.47. The first kappa shape index (κ1) is 11.7. The highest BCUT2D eigenvalue weighted by Crippen LogP contribution is 2.20. The predicted octanol–water partition coefficient (Wildman–Crippen LogP) is 2.08. The number of anilines is 1. The minimum Gasteiger partial charge on any atom is -0.469 e. The van der Waals surface area contributed by atoms with E-state index in [1.807, 2.05) is 32.3 Å². The standard InChI is InChI=1S/C13H17N3O/c1-10-12(4-6-17-10)9-16(2)13-8-15-5-3-11(13)7-14/h3-6,8H,7,9,14H2,1-2H3. The maximum Gasteiger partial charge on any atom is 0.105 e. The number of aromatic nitrogens is 1. The van der Waals surface area contributed by atoms with Crippen molar-refractivity contribution < 1.29 is 4.42 Å². The minimum atomic E-state index is 0.520. The van der Waals surface area contributed by atoms with Crippen molar-refractivity contribution in [1.29, 1.82) is 0 Å². The van der Waals surface area contributed by atoms with Crippen LogP contribution in [0.3, 0.4) is 0 Å². The van der Waals surface area contributed by atoms with E-state index in [-0.39, 0.29) is 0 Å². The van der Waals surface area contributed by atoms with Gasteiger partial charge in [-0.3, -0.25) is 4.98 Å². The van der Waals surface area contributed by atoms with Gasteiger partial charge in [0.2, 0.25) is 0 Å². The second-order valence-electron chi connectivity index (χ2n) is 4.07. The molecule has 4 nitrogen and oxygen atoms in total. The molecule has 0 saturated heterocycles. The van der Waals surface area contributed by atoms with Crippen LogP contribution in [0.25, 0.3) is 0 Å². The Balaban J connectivity index is 2.20. The molecule has 2 heterocycles. The van der Waals surface area contributed by atoms with Crippen LogP contribution in [0.2, 0.25) is 0 Å². The van der Waals surface area contributed by atoms with Gasteiger partial charge in [0.25, 0.3) is 0 Å². The van der Waals surface area contributed by atoms with Crippen LogP contribution in [-0.4, -0.2) is 12.0 Å². The van der Waals surface area contributed by atoms with Crippen LogP contribution in [0.4, 0.5) is 5.69 Å². The summed E-state index contributed by atoms with van der Waals surface area (Å²) in [7, 11) is 2.03. The van der Waals surface area contributed by atoms with Gasteiger partial charge in [0.1, 0.15) is 5.76 Å². The third-order valence-electron chi connectivity index (χ3n) is 2.89. The lowest BCUT2D eigenvalue weighted by molar-refractivity contribution is 0.529. The van der Waals surface area contributed by atoms with E-state index >= 15 is 0 Å². The summed E-state index contributed by atoms with van der Waals surface area (Å²) in [4.78, 5) is 6.28. The van der Waals surface area contributed by atoms with E-state index in [1.165, 1.54) is 5.56 Å². The molecule has 0 atom stereocenters. The van der Waals surface area contributed by atoms with Gasteiger partial charge in [-0.25, -0.2) is 0 Å². The second-order valence-corrected chi connectivity index (χ2v) is 4.07. The predicted molar refractivity (Wildman–Crippen MR) is 67.7 cm³/mol. The van der Waals surface area contributed by atoms with Crippen molar-refractivity contribution in [2.75, 3.05) is 11.9 Å². The Kier molecular flexibility index (Phi) is 3.44. The van der Waals surface area contributed by atoms with Crippen LogP contribution in [-0.2, 0) is 13.1 Å². The summed E-state index contributed by atoms with van der Waals surface area (Å²) < 4.78 is 5.29. The molecule has 0 amide bonds. The Hall–Kier alpha value is -1.81. The number of rotatable bonds is 4. The number of furan rings is 1. The second kappa shape index (κ2) is 5.01.